The summed E-state index contributed by atoms with van der Waals surface area (Å²) in [4.78, 5) is 2.32. The zero-order valence-electron chi connectivity index (χ0n) is 8.30. The van der Waals surface area contributed by atoms with Gasteiger partial charge in [0.2, 0.25) is 0 Å². The van der Waals surface area contributed by atoms with Crippen LogP contribution in [0.25, 0.3) is 0 Å². The van der Waals surface area contributed by atoms with Crippen LogP contribution in [0.2, 0.25) is 0 Å². The Labute approximate surface area is 80.9 Å². The molecule has 0 saturated heterocycles. The molecule has 0 aromatic carbocycles. The summed E-state index contributed by atoms with van der Waals surface area (Å²) in [6, 6.07) is 0. The lowest BCUT2D eigenvalue weighted by molar-refractivity contribution is 0.216. The maximum absolute atomic E-state index is 5.32. The van der Waals surface area contributed by atoms with Crippen molar-refractivity contribution < 1.29 is 4.74 Å². The molecule has 0 amide bonds. The second kappa shape index (κ2) is 7.50. The molecule has 0 unspecified atom stereocenters. The van der Waals surface area contributed by atoms with E-state index in [-0.39, 0.29) is 0 Å². The molecule has 0 spiro atoms. The molecule has 12 heavy (non-hydrogen) atoms. The highest BCUT2D eigenvalue weighted by molar-refractivity contribution is 7.80. The monoisotopic (exact) mass is 189 g/mol. The fourth-order valence-corrected chi connectivity index (χ4v) is 1.01. The van der Waals surface area contributed by atoms with Gasteiger partial charge in [-0.2, -0.15) is 0 Å². The van der Waals surface area contributed by atoms with Crippen LogP contribution < -0.4 is 0 Å². The molecule has 0 heterocycles. The molecule has 0 aromatic heterocycles. The molecule has 0 N–H and O–H groups in total. The lowest BCUT2D eigenvalue weighted by Crippen LogP contribution is -2.27. The fourth-order valence-electron chi connectivity index (χ4n) is 0.930. The highest BCUT2D eigenvalue weighted by atomic mass is 32.1. The number of rotatable bonds is 6. The lowest BCUT2D eigenvalue weighted by atomic mass is 10.5. The van der Waals surface area contributed by atoms with Gasteiger partial charge in [0, 0.05) is 13.0 Å². The number of likely N-dealkylation sites (N-methyl/N-ethyl adjacent to an activating group) is 1. The molecule has 0 aliphatic heterocycles. The Morgan fingerprint density at radius 3 is 2.25 bits per heavy atom. The average Bonchev–Trinajstić information content (AvgIpc) is 2.12. The van der Waals surface area contributed by atoms with E-state index in [9.17, 15) is 0 Å². The molecule has 0 aromatic rings. The van der Waals surface area contributed by atoms with Crippen molar-refractivity contribution in [2.24, 2.45) is 0 Å². The van der Waals surface area contributed by atoms with Gasteiger partial charge in [-0.3, -0.25) is 0 Å². The molecule has 0 aliphatic carbocycles. The molecule has 0 rings (SSSR count). The van der Waals surface area contributed by atoms with E-state index in [2.05, 4.69) is 18.7 Å². The second-order valence-corrected chi connectivity index (χ2v) is 3.06. The van der Waals surface area contributed by atoms with Gasteiger partial charge in [0.05, 0.1) is 0 Å². The topological polar surface area (TPSA) is 12.5 Å². The Morgan fingerprint density at radius 1 is 1.25 bits per heavy atom. The van der Waals surface area contributed by atoms with E-state index in [1.54, 1.807) is 0 Å². The molecule has 3 heteroatoms. The van der Waals surface area contributed by atoms with E-state index < -0.39 is 0 Å². The van der Waals surface area contributed by atoms with Crippen LogP contribution >= 0.6 is 12.2 Å². The second-order valence-electron chi connectivity index (χ2n) is 2.60. The van der Waals surface area contributed by atoms with Gasteiger partial charge in [-0.25, -0.2) is 0 Å². The van der Waals surface area contributed by atoms with Crippen LogP contribution in [0.3, 0.4) is 0 Å². The van der Waals surface area contributed by atoms with E-state index in [1.165, 1.54) is 0 Å². The predicted octanol–water partition coefficient (Wildman–Crippen LogP) is 2.08. The fraction of sp³-hybridized carbons (Fsp3) is 0.889. The van der Waals surface area contributed by atoms with Crippen LogP contribution in [0.4, 0.5) is 0 Å². The standard InChI is InChI=1S/C9H19NOS/c1-4-9(12)11-8-7-10(5-2)6-3/h4-8H2,1-3H3. The minimum absolute atomic E-state index is 0.724. The molecule has 0 atom stereocenters. The minimum Gasteiger partial charge on any atom is -0.486 e. The summed E-state index contributed by atoms with van der Waals surface area (Å²) >= 11 is 4.94. The van der Waals surface area contributed by atoms with Gasteiger partial charge in [-0.1, -0.05) is 20.8 Å². The van der Waals surface area contributed by atoms with Gasteiger partial charge in [0.25, 0.3) is 0 Å². The molecule has 0 bridgehead atoms. The summed E-state index contributed by atoms with van der Waals surface area (Å²) in [7, 11) is 0. The summed E-state index contributed by atoms with van der Waals surface area (Å²) < 4.78 is 5.32. The number of hydrogen-bond donors (Lipinski definition) is 0. The maximum atomic E-state index is 5.32. The van der Waals surface area contributed by atoms with Crippen LogP contribution in [0, 0.1) is 0 Å². The Hall–Kier alpha value is -0.150. The third-order valence-electron chi connectivity index (χ3n) is 1.85. The van der Waals surface area contributed by atoms with Gasteiger partial charge in [-0.15, -0.1) is 0 Å². The normalized spacial score (nSPS) is 10.3. The van der Waals surface area contributed by atoms with Gasteiger partial charge in [0.15, 0.2) is 5.05 Å². The summed E-state index contributed by atoms with van der Waals surface area (Å²) in [5.74, 6) is 0. The first-order valence-electron chi connectivity index (χ1n) is 4.62. The van der Waals surface area contributed by atoms with Crippen molar-refractivity contribution in [3.05, 3.63) is 0 Å². The van der Waals surface area contributed by atoms with Crippen molar-refractivity contribution in [1.29, 1.82) is 0 Å². The molecule has 0 fully saturated rings. The van der Waals surface area contributed by atoms with Crippen LogP contribution in [0.1, 0.15) is 27.2 Å². The van der Waals surface area contributed by atoms with E-state index in [4.69, 9.17) is 17.0 Å². The predicted molar refractivity (Wildman–Crippen MR) is 56.6 cm³/mol. The van der Waals surface area contributed by atoms with Crippen molar-refractivity contribution in [1.82, 2.24) is 4.90 Å². The smallest absolute Gasteiger partial charge is 0.159 e. The molecule has 0 radical (unpaired) electrons. The zero-order valence-corrected chi connectivity index (χ0v) is 9.12. The summed E-state index contributed by atoms with van der Waals surface area (Å²) in [5.41, 5.74) is 0. The Balaban J connectivity index is 3.34. The van der Waals surface area contributed by atoms with Crippen molar-refractivity contribution in [3.8, 4) is 0 Å². The zero-order chi connectivity index (χ0) is 9.40. The van der Waals surface area contributed by atoms with E-state index in [0.29, 0.717) is 0 Å². The first-order chi connectivity index (χ1) is 5.74. The van der Waals surface area contributed by atoms with Crippen LogP contribution in [-0.4, -0.2) is 36.2 Å². The van der Waals surface area contributed by atoms with Gasteiger partial charge in [0.1, 0.15) is 6.61 Å². The Kier molecular flexibility index (Phi) is 7.40. The number of hydrogen-bond acceptors (Lipinski definition) is 3. The maximum Gasteiger partial charge on any atom is 0.159 e. The Bertz CT molecular complexity index is 124. The quantitative estimate of drug-likeness (QED) is 0.594. The van der Waals surface area contributed by atoms with Crippen molar-refractivity contribution >= 4 is 17.3 Å². The molecular weight excluding hydrogens is 170 g/mol. The highest BCUT2D eigenvalue weighted by Gasteiger charge is 1.99. The summed E-state index contributed by atoms with van der Waals surface area (Å²) in [6.07, 6.45) is 0.841. The van der Waals surface area contributed by atoms with Gasteiger partial charge < -0.3 is 9.64 Å². The first-order valence-corrected chi connectivity index (χ1v) is 5.03. The average molecular weight is 189 g/mol. The third-order valence-corrected chi connectivity index (χ3v) is 2.26. The molecule has 0 aliphatic rings. The molecule has 0 saturated carbocycles. The van der Waals surface area contributed by atoms with Gasteiger partial charge >= 0.3 is 0 Å². The SMILES string of the molecule is CCC(=S)OCCN(CC)CC. The number of nitrogens with zero attached hydrogens (tertiary/aromatic N) is 1. The van der Waals surface area contributed by atoms with Gasteiger partial charge in [-0.05, 0) is 25.3 Å². The summed E-state index contributed by atoms with van der Waals surface area (Å²) in [6.45, 7) is 10.2. The largest absolute Gasteiger partial charge is 0.486 e. The first kappa shape index (κ1) is 11.8. The van der Waals surface area contributed by atoms with E-state index >= 15 is 0 Å². The van der Waals surface area contributed by atoms with Crippen LogP contribution in [-0.2, 0) is 4.74 Å². The summed E-state index contributed by atoms with van der Waals surface area (Å²) in [5, 5.41) is 0.724. The Morgan fingerprint density at radius 2 is 1.83 bits per heavy atom. The molecular formula is C9H19NOS. The highest BCUT2D eigenvalue weighted by Crippen LogP contribution is 1.91. The minimum atomic E-state index is 0.724. The molecule has 72 valence electrons. The van der Waals surface area contributed by atoms with E-state index in [0.717, 1.165) is 37.7 Å². The van der Waals surface area contributed by atoms with E-state index in [1.807, 2.05) is 6.92 Å². The van der Waals surface area contributed by atoms with Crippen LogP contribution in [0.5, 0.6) is 0 Å². The third kappa shape index (κ3) is 5.49. The lowest BCUT2D eigenvalue weighted by Gasteiger charge is -2.17. The van der Waals surface area contributed by atoms with Crippen LogP contribution in [0.15, 0.2) is 0 Å². The van der Waals surface area contributed by atoms with Crippen molar-refractivity contribution in [3.63, 3.8) is 0 Å². The van der Waals surface area contributed by atoms with Crippen molar-refractivity contribution in [2.75, 3.05) is 26.2 Å². The molecule has 2 nitrogen and oxygen atoms in total. The number of thiocarbonyl (C=S) groups is 1. The number of ether oxygens (including phenoxy) is 1. The van der Waals surface area contributed by atoms with Crippen molar-refractivity contribution in [2.45, 2.75) is 27.2 Å².